The van der Waals surface area contributed by atoms with Crippen molar-refractivity contribution in [2.75, 3.05) is 0 Å². The maximum absolute atomic E-state index is 6.17. The Balaban J connectivity index is 2.23. The zero-order valence-electron chi connectivity index (χ0n) is 7.91. The van der Waals surface area contributed by atoms with Crippen molar-refractivity contribution in [3.8, 4) is 0 Å². The monoisotopic (exact) mass is 285 g/mol. The lowest BCUT2D eigenvalue weighted by atomic mass is 10.3. The number of thiophene rings is 1. The van der Waals surface area contributed by atoms with E-state index in [2.05, 4.69) is 10.4 Å². The Morgan fingerprint density at radius 1 is 1.06 bits per heavy atom. The molecule has 0 bridgehead atoms. The second-order valence-corrected chi connectivity index (χ2v) is 5.89. The number of nitrogens with zero attached hydrogens (tertiary/aromatic N) is 1. The first-order chi connectivity index (χ1) is 7.74. The van der Waals surface area contributed by atoms with Crippen molar-refractivity contribution in [2.24, 2.45) is 4.99 Å². The summed E-state index contributed by atoms with van der Waals surface area (Å²) in [5, 5.41) is 5.31. The maximum Gasteiger partial charge on any atom is 0.138 e. The summed E-state index contributed by atoms with van der Waals surface area (Å²) < 4.78 is 0. The molecule has 0 N–H and O–H groups in total. The molecule has 1 aromatic carbocycles. The normalized spacial score (nSPS) is 13.8. The second-order valence-electron chi connectivity index (χ2n) is 3.27. The number of benzene rings is 1. The van der Waals surface area contributed by atoms with Gasteiger partial charge < -0.3 is 0 Å². The molecular weight excluding hydrogens is 281 g/mol. The van der Waals surface area contributed by atoms with Crippen LogP contribution >= 0.6 is 46.3 Å². The van der Waals surface area contributed by atoms with E-state index in [1.807, 2.05) is 23.6 Å². The zero-order valence-corrected chi connectivity index (χ0v) is 11.1. The number of fused-ring (bicyclic) bond motifs is 2. The molecule has 1 aliphatic rings. The molecule has 1 aliphatic heterocycles. The van der Waals surface area contributed by atoms with E-state index in [1.54, 1.807) is 23.1 Å². The van der Waals surface area contributed by atoms with Gasteiger partial charge in [-0.1, -0.05) is 35.0 Å². The first kappa shape index (κ1) is 10.7. The molecule has 80 valence electrons. The van der Waals surface area contributed by atoms with E-state index < -0.39 is 0 Å². The first-order valence-corrected chi connectivity index (χ1v) is 7.04. The molecule has 0 fully saturated rings. The molecule has 2 aromatic rings. The Morgan fingerprint density at radius 3 is 2.81 bits per heavy atom. The highest BCUT2D eigenvalue weighted by Crippen LogP contribution is 2.42. The molecule has 0 saturated heterocycles. The van der Waals surface area contributed by atoms with Crippen molar-refractivity contribution < 1.29 is 0 Å². The quantitative estimate of drug-likeness (QED) is 0.649. The number of rotatable bonds is 0. The van der Waals surface area contributed by atoms with Crippen molar-refractivity contribution in [3.05, 3.63) is 39.5 Å². The molecule has 0 aliphatic carbocycles. The van der Waals surface area contributed by atoms with Gasteiger partial charge >= 0.3 is 0 Å². The molecule has 0 saturated carbocycles. The summed E-state index contributed by atoms with van der Waals surface area (Å²) in [6, 6.07) is 5.68. The molecule has 1 aromatic heterocycles. The van der Waals surface area contributed by atoms with Crippen LogP contribution in [0.25, 0.3) is 0 Å². The van der Waals surface area contributed by atoms with Crippen LogP contribution in [0.15, 0.2) is 43.7 Å². The number of hydrogen-bond acceptors (Lipinski definition) is 3. The molecule has 0 atom stereocenters. The fourth-order valence-electron chi connectivity index (χ4n) is 1.46. The standard InChI is InChI=1S/C11H5Cl2NS2/c12-6-1-2-9-8(3-6)14-11(13)7-4-15-5-10(7)16-9/h1-5H. The van der Waals surface area contributed by atoms with E-state index in [0.717, 1.165) is 21.0 Å². The summed E-state index contributed by atoms with van der Waals surface area (Å²) in [5.41, 5.74) is 1.84. The predicted molar refractivity (Wildman–Crippen MR) is 71.9 cm³/mol. The van der Waals surface area contributed by atoms with Crippen LogP contribution in [-0.4, -0.2) is 5.17 Å². The third-order valence-corrected chi connectivity index (χ3v) is 4.75. The molecule has 5 heteroatoms. The smallest absolute Gasteiger partial charge is 0.138 e. The first-order valence-electron chi connectivity index (χ1n) is 4.52. The van der Waals surface area contributed by atoms with Gasteiger partial charge in [-0.05, 0) is 18.2 Å². The SMILES string of the molecule is ClC1=Nc2cc(Cl)ccc2Sc2cscc21. The van der Waals surface area contributed by atoms with E-state index in [-0.39, 0.29) is 0 Å². The van der Waals surface area contributed by atoms with Crippen LogP contribution < -0.4 is 0 Å². The van der Waals surface area contributed by atoms with Crippen LogP contribution in [0.5, 0.6) is 0 Å². The van der Waals surface area contributed by atoms with Gasteiger partial charge in [-0.15, -0.1) is 0 Å². The van der Waals surface area contributed by atoms with Gasteiger partial charge in [0.05, 0.1) is 5.69 Å². The Kier molecular flexibility index (Phi) is 2.72. The predicted octanol–water partition coefficient (Wildman–Crippen LogP) is 5.18. The fraction of sp³-hybridized carbons (Fsp3) is 0. The van der Waals surface area contributed by atoms with Crippen molar-refractivity contribution >= 4 is 57.2 Å². The Hall–Kier alpha value is -0.480. The van der Waals surface area contributed by atoms with E-state index in [9.17, 15) is 0 Å². The third-order valence-electron chi connectivity index (χ3n) is 2.21. The molecule has 16 heavy (non-hydrogen) atoms. The lowest BCUT2D eigenvalue weighted by molar-refractivity contribution is 1.39. The Morgan fingerprint density at radius 2 is 1.94 bits per heavy atom. The van der Waals surface area contributed by atoms with Crippen LogP contribution in [0.3, 0.4) is 0 Å². The lowest BCUT2D eigenvalue weighted by Crippen LogP contribution is -1.86. The third kappa shape index (κ3) is 1.78. The van der Waals surface area contributed by atoms with E-state index >= 15 is 0 Å². The molecule has 0 amide bonds. The van der Waals surface area contributed by atoms with Crippen LogP contribution in [-0.2, 0) is 0 Å². The Bertz CT molecular complexity index is 589. The molecule has 1 nitrogen and oxygen atoms in total. The highest BCUT2D eigenvalue weighted by Gasteiger charge is 2.16. The summed E-state index contributed by atoms with van der Waals surface area (Å²) in [7, 11) is 0. The van der Waals surface area contributed by atoms with Crippen LogP contribution in [0.4, 0.5) is 5.69 Å². The Labute approximate surface area is 111 Å². The molecule has 3 rings (SSSR count). The highest BCUT2D eigenvalue weighted by molar-refractivity contribution is 7.99. The van der Waals surface area contributed by atoms with E-state index in [4.69, 9.17) is 23.2 Å². The summed E-state index contributed by atoms with van der Waals surface area (Å²) in [5.74, 6) is 0. The van der Waals surface area contributed by atoms with Gasteiger partial charge in [0.25, 0.3) is 0 Å². The topological polar surface area (TPSA) is 12.4 Å². The van der Waals surface area contributed by atoms with Crippen molar-refractivity contribution in [3.63, 3.8) is 0 Å². The van der Waals surface area contributed by atoms with Crippen LogP contribution in [0, 0.1) is 0 Å². The van der Waals surface area contributed by atoms with Crippen molar-refractivity contribution in [1.29, 1.82) is 0 Å². The largest absolute Gasteiger partial charge is 0.235 e. The van der Waals surface area contributed by atoms with Gasteiger partial charge in [-0.25, -0.2) is 4.99 Å². The zero-order chi connectivity index (χ0) is 11.1. The maximum atomic E-state index is 6.17. The summed E-state index contributed by atoms with van der Waals surface area (Å²) in [4.78, 5) is 6.63. The number of halogens is 2. The number of aliphatic imine (C=N–C) groups is 1. The van der Waals surface area contributed by atoms with Gasteiger partial charge in [0.1, 0.15) is 5.17 Å². The minimum absolute atomic E-state index is 0.532. The second kappa shape index (κ2) is 4.08. The van der Waals surface area contributed by atoms with Gasteiger partial charge in [0.2, 0.25) is 0 Å². The minimum Gasteiger partial charge on any atom is -0.235 e. The minimum atomic E-state index is 0.532. The van der Waals surface area contributed by atoms with Gasteiger partial charge in [-0.3, -0.25) is 0 Å². The lowest BCUT2D eigenvalue weighted by Gasteiger charge is -2.01. The van der Waals surface area contributed by atoms with Gasteiger partial charge in [0, 0.05) is 31.1 Å². The molecular formula is C11H5Cl2NS2. The average Bonchev–Trinajstić information content (AvgIpc) is 2.65. The van der Waals surface area contributed by atoms with Crippen LogP contribution in [0.1, 0.15) is 5.56 Å². The molecule has 0 spiro atoms. The van der Waals surface area contributed by atoms with Gasteiger partial charge in [0.15, 0.2) is 0 Å². The summed E-state index contributed by atoms with van der Waals surface area (Å²) in [6.07, 6.45) is 0. The van der Waals surface area contributed by atoms with Gasteiger partial charge in [-0.2, -0.15) is 11.3 Å². The summed E-state index contributed by atoms with van der Waals surface area (Å²) in [6.45, 7) is 0. The summed E-state index contributed by atoms with van der Waals surface area (Å²) >= 11 is 15.4. The van der Waals surface area contributed by atoms with Crippen molar-refractivity contribution in [2.45, 2.75) is 9.79 Å². The van der Waals surface area contributed by atoms with E-state index in [1.165, 1.54) is 0 Å². The van der Waals surface area contributed by atoms with E-state index in [0.29, 0.717) is 10.2 Å². The molecule has 0 radical (unpaired) electrons. The molecule has 2 heterocycles. The highest BCUT2D eigenvalue weighted by atomic mass is 35.5. The fourth-order valence-corrected chi connectivity index (χ4v) is 3.97. The number of hydrogen-bond donors (Lipinski definition) is 0. The van der Waals surface area contributed by atoms with Crippen LogP contribution in [0.2, 0.25) is 5.02 Å². The van der Waals surface area contributed by atoms with Crippen molar-refractivity contribution in [1.82, 2.24) is 0 Å². The average molecular weight is 286 g/mol. The molecule has 0 unspecified atom stereocenters.